The lowest BCUT2D eigenvalue weighted by Crippen LogP contribution is -2.39. The van der Waals surface area contributed by atoms with Crippen molar-refractivity contribution in [2.75, 3.05) is 0 Å². The molecular formula is C9H18N2. The third-order valence-electron chi connectivity index (χ3n) is 2.47. The van der Waals surface area contributed by atoms with Gasteiger partial charge in [-0.05, 0) is 32.1 Å². The van der Waals surface area contributed by atoms with Crippen molar-refractivity contribution >= 4 is 0 Å². The summed E-state index contributed by atoms with van der Waals surface area (Å²) in [4.78, 5) is 0. The molecule has 3 N–H and O–H groups in total. The van der Waals surface area contributed by atoms with E-state index in [0.29, 0.717) is 11.5 Å². The van der Waals surface area contributed by atoms with Crippen LogP contribution < -0.4 is 11.3 Å². The molecule has 0 bridgehead atoms. The highest BCUT2D eigenvalue weighted by molar-refractivity contribution is 5.11. The van der Waals surface area contributed by atoms with E-state index in [0.717, 1.165) is 0 Å². The molecule has 2 heteroatoms. The lowest BCUT2D eigenvalue weighted by molar-refractivity contribution is 0.422. The summed E-state index contributed by atoms with van der Waals surface area (Å²) in [5.74, 6) is 5.45. The molecule has 1 unspecified atom stereocenters. The monoisotopic (exact) mass is 154 g/mol. The third-order valence-corrected chi connectivity index (χ3v) is 2.47. The van der Waals surface area contributed by atoms with E-state index in [2.05, 4.69) is 32.3 Å². The van der Waals surface area contributed by atoms with Crippen LogP contribution in [-0.2, 0) is 0 Å². The van der Waals surface area contributed by atoms with Gasteiger partial charge < -0.3 is 0 Å². The van der Waals surface area contributed by atoms with E-state index in [9.17, 15) is 0 Å². The van der Waals surface area contributed by atoms with Crippen LogP contribution in [0.1, 0.15) is 33.6 Å². The van der Waals surface area contributed by atoms with Crippen LogP contribution in [0.15, 0.2) is 11.6 Å². The van der Waals surface area contributed by atoms with Gasteiger partial charge in [0.2, 0.25) is 0 Å². The summed E-state index contributed by atoms with van der Waals surface area (Å²) < 4.78 is 0. The molecule has 1 fully saturated rings. The van der Waals surface area contributed by atoms with Crippen LogP contribution in [0, 0.1) is 5.41 Å². The molecule has 0 saturated heterocycles. The van der Waals surface area contributed by atoms with E-state index in [1.807, 2.05) is 0 Å². The average molecular weight is 154 g/mol. The van der Waals surface area contributed by atoms with Gasteiger partial charge in [-0.2, -0.15) is 0 Å². The minimum Gasteiger partial charge on any atom is -0.271 e. The molecular weight excluding hydrogens is 136 g/mol. The summed E-state index contributed by atoms with van der Waals surface area (Å²) in [5, 5.41) is 0. The van der Waals surface area contributed by atoms with Gasteiger partial charge >= 0.3 is 0 Å². The van der Waals surface area contributed by atoms with E-state index in [1.54, 1.807) is 0 Å². The Morgan fingerprint density at radius 1 is 1.55 bits per heavy atom. The molecule has 1 aliphatic rings. The van der Waals surface area contributed by atoms with Crippen molar-refractivity contribution in [3.05, 3.63) is 11.6 Å². The van der Waals surface area contributed by atoms with Crippen LogP contribution in [-0.4, -0.2) is 6.04 Å². The molecule has 1 atom stereocenters. The minimum atomic E-state index is 0.368. The second-order valence-corrected chi connectivity index (χ2v) is 4.04. The molecule has 0 aliphatic heterocycles. The average Bonchev–Trinajstić information content (AvgIpc) is 2.63. The fourth-order valence-corrected chi connectivity index (χ4v) is 1.29. The Kier molecular flexibility index (Phi) is 2.35. The lowest BCUT2D eigenvalue weighted by Gasteiger charge is -2.19. The van der Waals surface area contributed by atoms with Crippen LogP contribution in [0.25, 0.3) is 0 Å². The zero-order valence-electron chi connectivity index (χ0n) is 7.65. The summed E-state index contributed by atoms with van der Waals surface area (Å²) in [7, 11) is 0. The van der Waals surface area contributed by atoms with E-state index in [-0.39, 0.29) is 0 Å². The molecule has 1 aliphatic carbocycles. The maximum absolute atomic E-state index is 5.45. The van der Waals surface area contributed by atoms with Crippen molar-refractivity contribution in [1.29, 1.82) is 0 Å². The van der Waals surface area contributed by atoms with E-state index >= 15 is 0 Å². The first-order chi connectivity index (χ1) is 5.08. The van der Waals surface area contributed by atoms with Crippen LogP contribution in [0.5, 0.6) is 0 Å². The fraction of sp³-hybridized carbons (Fsp3) is 0.778. The molecule has 0 heterocycles. The summed E-state index contributed by atoms with van der Waals surface area (Å²) in [6, 6.07) is 0.368. The van der Waals surface area contributed by atoms with E-state index < -0.39 is 0 Å². The van der Waals surface area contributed by atoms with E-state index in [4.69, 9.17) is 5.84 Å². The first kappa shape index (κ1) is 8.75. The van der Waals surface area contributed by atoms with Gasteiger partial charge in [0.05, 0.1) is 0 Å². The van der Waals surface area contributed by atoms with Gasteiger partial charge in [-0.3, -0.25) is 11.3 Å². The highest BCUT2D eigenvalue weighted by Gasteiger charge is 2.43. The molecule has 1 saturated carbocycles. The number of nitrogens with one attached hydrogen (secondary N) is 1. The molecule has 0 radical (unpaired) electrons. The largest absolute Gasteiger partial charge is 0.271 e. The van der Waals surface area contributed by atoms with Crippen LogP contribution >= 0.6 is 0 Å². The minimum absolute atomic E-state index is 0.368. The molecule has 0 spiro atoms. The molecule has 0 aromatic carbocycles. The van der Waals surface area contributed by atoms with Crippen LogP contribution in [0.4, 0.5) is 0 Å². The van der Waals surface area contributed by atoms with Crippen LogP contribution in [0.2, 0.25) is 0 Å². The predicted molar refractivity (Wildman–Crippen MR) is 47.9 cm³/mol. The van der Waals surface area contributed by atoms with Gasteiger partial charge in [0, 0.05) is 6.04 Å². The van der Waals surface area contributed by atoms with Crippen LogP contribution in [0.3, 0.4) is 0 Å². The van der Waals surface area contributed by atoms with Gasteiger partial charge in [0.25, 0.3) is 0 Å². The van der Waals surface area contributed by atoms with Crippen molar-refractivity contribution in [1.82, 2.24) is 5.43 Å². The Morgan fingerprint density at radius 3 is 2.36 bits per heavy atom. The number of allylic oxidation sites excluding steroid dienone is 1. The first-order valence-electron chi connectivity index (χ1n) is 4.20. The summed E-state index contributed by atoms with van der Waals surface area (Å²) in [6.45, 7) is 6.49. The maximum Gasteiger partial charge on any atom is 0.0446 e. The fourth-order valence-electron chi connectivity index (χ4n) is 1.29. The smallest absolute Gasteiger partial charge is 0.0446 e. The Morgan fingerprint density at radius 2 is 2.09 bits per heavy atom. The summed E-state index contributed by atoms with van der Waals surface area (Å²) >= 11 is 0. The second-order valence-electron chi connectivity index (χ2n) is 4.04. The Hall–Kier alpha value is -0.340. The normalized spacial score (nSPS) is 22.5. The molecule has 0 aromatic rings. The zero-order valence-corrected chi connectivity index (χ0v) is 7.65. The van der Waals surface area contributed by atoms with Gasteiger partial charge in [0.15, 0.2) is 0 Å². The van der Waals surface area contributed by atoms with E-state index in [1.165, 1.54) is 18.4 Å². The molecule has 11 heavy (non-hydrogen) atoms. The first-order valence-corrected chi connectivity index (χ1v) is 4.20. The van der Waals surface area contributed by atoms with Gasteiger partial charge in [-0.25, -0.2) is 0 Å². The standard InChI is InChI=1S/C9H18N2/c1-7(2)6-8(11-10)9(3)4-5-9/h6,8,11H,4-5,10H2,1-3H3. The predicted octanol–water partition coefficient (Wildman–Crippen LogP) is 1.58. The SMILES string of the molecule is CC(C)=CC(NN)C1(C)CC1. The molecule has 2 nitrogen and oxygen atoms in total. The third kappa shape index (κ3) is 2.04. The van der Waals surface area contributed by atoms with Gasteiger partial charge in [-0.1, -0.05) is 18.6 Å². The number of nitrogens with two attached hydrogens (primary N) is 1. The summed E-state index contributed by atoms with van der Waals surface area (Å²) in [6.07, 6.45) is 4.81. The van der Waals surface area contributed by atoms with Crippen molar-refractivity contribution < 1.29 is 0 Å². The highest BCUT2D eigenvalue weighted by atomic mass is 15.2. The Labute approximate surface area is 68.8 Å². The number of hydrogen-bond donors (Lipinski definition) is 2. The zero-order chi connectivity index (χ0) is 8.48. The van der Waals surface area contributed by atoms with Crippen molar-refractivity contribution in [3.8, 4) is 0 Å². The Bertz CT molecular complexity index is 164. The lowest BCUT2D eigenvalue weighted by atomic mass is 9.98. The topological polar surface area (TPSA) is 38.0 Å². The van der Waals surface area contributed by atoms with Gasteiger partial charge in [0.1, 0.15) is 0 Å². The molecule has 1 rings (SSSR count). The molecule has 64 valence electrons. The number of hydrazine groups is 1. The Balaban J connectivity index is 2.57. The van der Waals surface area contributed by atoms with Crippen molar-refractivity contribution in [3.63, 3.8) is 0 Å². The number of rotatable bonds is 3. The molecule has 0 amide bonds. The quantitative estimate of drug-likeness (QED) is 0.368. The van der Waals surface area contributed by atoms with Crippen molar-refractivity contribution in [2.24, 2.45) is 11.3 Å². The summed E-state index contributed by atoms with van der Waals surface area (Å²) in [5.41, 5.74) is 4.63. The second kappa shape index (κ2) is 2.95. The number of hydrogen-bond acceptors (Lipinski definition) is 2. The molecule has 0 aromatic heterocycles. The van der Waals surface area contributed by atoms with Gasteiger partial charge in [-0.15, -0.1) is 0 Å². The highest BCUT2D eigenvalue weighted by Crippen LogP contribution is 2.48. The van der Waals surface area contributed by atoms with Crippen molar-refractivity contribution in [2.45, 2.75) is 39.7 Å². The maximum atomic E-state index is 5.45.